The molecular formula is C24H30N2O3S. The van der Waals surface area contributed by atoms with Crippen LogP contribution in [0.4, 0.5) is 5.69 Å². The first kappa shape index (κ1) is 21.1. The Hall–Kier alpha value is -2.12. The lowest BCUT2D eigenvalue weighted by Crippen LogP contribution is -2.47. The van der Waals surface area contributed by atoms with Crippen molar-refractivity contribution in [3.05, 3.63) is 47.8 Å². The first-order valence-electron chi connectivity index (χ1n) is 10.5. The summed E-state index contributed by atoms with van der Waals surface area (Å²) in [6.07, 6.45) is 0. The van der Waals surface area contributed by atoms with Gasteiger partial charge in [0, 0.05) is 48.5 Å². The van der Waals surface area contributed by atoms with Crippen LogP contribution in [0.25, 0.3) is 21.2 Å². The fourth-order valence-corrected chi connectivity index (χ4v) is 4.68. The van der Waals surface area contributed by atoms with Crippen LogP contribution in [0.15, 0.2) is 47.8 Å². The number of ether oxygens (including phenoxy) is 1. The molecule has 160 valence electrons. The minimum absolute atomic E-state index is 0.222. The summed E-state index contributed by atoms with van der Waals surface area (Å²) in [6.45, 7) is 8.61. The van der Waals surface area contributed by atoms with Crippen molar-refractivity contribution in [3.63, 3.8) is 0 Å². The first-order valence-corrected chi connectivity index (χ1v) is 11.4. The molecule has 1 aliphatic rings. The van der Waals surface area contributed by atoms with Gasteiger partial charge in [0.15, 0.2) is 0 Å². The summed E-state index contributed by atoms with van der Waals surface area (Å²) < 4.78 is 6.98. The largest absolute Gasteiger partial charge is 0.491 e. The Bertz CT molecular complexity index is 970. The second-order valence-electron chi connectivity index (χ2n) is 8.51. The highest BCUT2D eigenvalue weighted by molar-refractivity contribution is 7.17. The maximum Gasteiger partial charge on any atom is 0.119 e. The van der Waals surface area contributed by atoms with Gasteiger partial charge in [0.1, 0.15) is 12.4 Å². The molecule has 0 spiro atoms. The number of thiophene rings is 1. The molecule has 0 bridgehead atoms. The average Bonchev–Trinajstić information content (AvgIpc) is 3.21. The lowest BCUT2D eigenvalue weighted by molar-refractivity contribution is 0.0285. The van der Waals surface area contributed by atoms with Crippen LogP contribution in [-0.4, -0.2) is 66.7 Å². The third kappa shape index (κ3) is 4.95. The van der Waals surface area contributed by atoms with Gasteiger partial charge in [-0.2, -0.15) is 0 Å². The summed E-state index contributed by atoms with van der Waals surface area (Å²) in [5.74, 6) is 0.762. The summed E-state index contributed by atoms with van der Waals surface area (Å²) in [5, 5.41) is 22.5. The third-order valence-corrected chi connectivity index (χ3v) is 6.32. The fraction of sp³-hybridized carbons (Fsp3) is 0.417. The van der Waals surface area contributed by atoms with E-state index in [-0.39, 0.29) is 13.2 Å². The molecule has 0 atom stereocenters. The average molecular weight is 427 g/mol. The Morgan fingerprint density at radius 2 is 1.73 bits per heavy atom. The zero-order valence-corrected chi connectivity index (χ0v) is 18.5. The topological polar surface area (TPSA) is 56.2 Å². The molecule has 1 aliphatic heterocycles. The van der Waals surface area contributed by atoms with Gasteiger partial charge in [-0.1, -0.05) is 12.1 Å². The molecule has 4 rings (SSSR count). The standard InChI is InChI=1S/C24H30N2O3S/c1-24(2,28)17-29-20-5-3-18(4-6-20)19-15-22(21-7-14-30-23(21)16-19)26-10-8-25(9-11-26)12-13-27/h3-7,14-16,27-28H,8-13,17H2,1-2H3. The van der Waals surface area contributed by atoms with Gasteiger partial charge >= 0.3 is 0 Å². The van der Waals surface area contributed by atoms with Crippen molar-refractivity contribution in [1.29, 1.82) is 0 Å². The second kappa shape index (κ2) is 8.94. The van der Waals surface area contributed by atoms with Crippen LogP contribution in [0.1, 0.15) is 13.8 Å². The van der Waals surface area contributed by atoms with Crippen molar-refractivity contribution in [2.45, 2.75) is 19.4 Å². The predicted molar refractivity (Wildman–Crippen MR) is 125 cm³/mol. The highest BCUT2D eigenvalue weighted by Crippen LogP contribution is 2.37. The molecular weight excluding hydrogens is 396 g/mol. The van der Waals surface area contributed by atoms with Crippen LogP contribution in [0.2, 0.25) is 0 Å². The predicted octanol–water partition coefficient (Wildman–Crippen LogP) is 3.83. The molecule has 2 N–H and O–H groups in total. The third-order valence-electron chi connectivity index (χ3n) is 5.46. The number of benzene rings is 2. The van der Waals surface area contributed by atoms with E-state index in [0.717, 1.165) is 44.0 Å². The van der Waals surface area contributed by atoms with Gasteiger partial charge in [-0.05, 0) is 60.7 Å². The molecule has 30 heavy (non-hydrogen) atoms. The van der Waals surface area contributed by atoms with Crippen molar-refractivity contribution < 1.29 is 14.9 Å². The smallest absolute Gasteiger partial charge is 0.119 e. The SMILES string of the molecule is CC(C)(O)COc1ccc(-c2cc(N3CCN(CCO)CC3)c3ccsc3c2)cc1. The molecule has 0 aliphatic carbocycles. The molecule has 1 fully saturated rings. The normalized spacial score (nSPS) is 15.7. The van der Waals surface area contributed by atoms with E-state index < -0.39 is 5.60 Å². The quantitative estimate of drug-likeness (QED) is 0.601. The molecule has 2 heterocycles. The van der Waals surface area contributed by atoms with Crippen LogP contribution in [0.3, 0.4) is 0 Å². The van der Waals surface area contributed by atoms with Crippen LogP contribution >= 0.6 is 11.3 Å². The summed E-state index contributed by atoms with van der Waals surface area (Å²) >= 11 is 1.77. The molecule has 6 heteroatoms. The summed E-state index contributed by atoms with van der Waals surface area (Å²) in [7, 11) is 0. The van der Waals surface area contributed by atoms with Gasteiger partial charge in [-0.15, -0.1) is 11.3 Å². The van der Waals surface area contributed by atoms with Crippen molar-refractivity contribution >= 4 is 27.1 Å². The van der Waals surface area contributed by atoms with E-state index in [1.807, 2.05) is 12.1 Å². The van der Waals surface area contributed by atoms with Crippen LogP contribution in [-0.2, 0) is 0 Å². The Morgan fingerprint density at radius 1 is 1.00 bits per heavy atom. The Labute approximate surface area is 182 Å². The molecule has 2 aromatic carbocycles. The highest BCUT2D eigenvalue weighted by atomic mass is 32.1. The number of hydrogen-bond donors (Lipinski definition) is 2. The fourth-order valence-electron chi connectivity index (χ4n) is 3.84. The number of fused-ring (bicyclic) bond motifs is 1. The van der Waals surface area contributed by atoms with Gasteiger partial charge in [-0.25, -0.2) is 0 Å². The Kier molecular flexibility index (Phi) is 6.29. The number of aliphatic hydroxyl groups is 2. The number of rotatable bonds is 7. The molecule has 1 saturated heterocycles. The molecule has 5 nitrogen and oxygen atoms in total. The Balaban J connectivity index is 1.57. The molecule has 0 amide bonds. The van der Waals surface area contributed by atoms with Crippen molar-refractivity contribution in [3.8, 4) is 16.9 Å². The lowest BCUT2D eigenvalue weighted by atomic mass is 10.0. The van der Waals surface area contributed by atoms with Gasteiger partial charge in [-0.3, -0.25) is 4.90 Å². The van der Waals surface area contributed by atoms with Crippen LogP contribution in [0.5, 0.6) is 5.75 Å². The van der Waals surface area contributed by atoms with E-state index in [2.05, 4.69) is 45.5 Å². The molecule has 3 aromatic rings. The number of hydrogen-bond acceptors (Lipinski definition) is 6. The lowest BCUT2D eigenvalue weighted by Gasteiger charge is -2.36. The van der Waals surface area contributed by atoms with E-state index in [9.17, 15) is 10.2 Å². The van der Waals surface area contributed by atoms with Gasteiger partial charge < -0.3 is 19.8 Å². The van der Waals surface area contributed by atoms with Gasteiger partial charge in [0.05, 0.1) is 12.2 Å². The summed E-state index contributed by atoms with van der Waals surface area (Å²) in [6, 6.07) is 14.9. The summed E-state index contributed by atoms with van der Waals surface area (Å²) in [5.41, 5.74) is 2.79. The second-order valence-corrected chi connectivity index (χ2v) is 9.45. The number of anilines is 1. The molecule has 0 radical (unpaired) electrons. The van der Waals surface area contributed by atoms with E-state index >= 15 is 0 Å². The zero-order chi connectivity index (χ0) is 21.1. The molecule has 1 aromatic heterocycles. The minimum Gasteiger partial charge on any atom is -0.491 e. The monoisotopic (exact) mass is 426 g/mol. The van der Waals surface area contributed by atoms with Crippen molar-refractivity contribution in [2.24, 2.45) is 0 Å². The van der Waals surface area contributed by atoms with Gasteiger partial charge in [0.25, 0.3) is 0 Å². The zero-order valence-electron chi connectivity index (χ0n) is 17.7. The summed E-state index contributed by atoms with van der Waals surface area (Å²) in [4.78, 5) is 4.78. The van der Waals surface area contributed by atoms with Crippen molar-refractivity contribution in [2.75, 3.05) is 50.8 Å². The number of nitrogens with zero attached hydrogens (tertiary/aromatic N) is 2. The van der Waals surface area contributed by atoms with E-state index in [1.165, 1.54) is 21.3 Å². The first-order chi connectivity index (χ1) is 14.4. The van der Waals surface area contributed by atoms with Crippen LogP contribution in [0, 0.1) is 0 Å². The van der Waals surface area contributed by atoms with E-state index in [0.29, 0.717) is 0 Å². The number of piperazine rings is 1. The van der Waals surface area contributed by atoms with Gasteiger partial charge in [0.2, 0.25) is 0 Å². The maximum absolute atomic E-state index is 9.85. The minimum atomic E-state index is -0.848. The van der Waals surface area contributed by atoms with E-state index in [1.54, 1.807) is 25.2 Å². The Morgan fingerprint density at radius 3 is 2.40 bits per heavy atom. The van der Waals surface area contributed by atoms with Crippen LogP contribution < -0.4 is 9.64 Å². The maximum atomic E-state index is 9.85. The van der Waals surface area contributed by atoms with Crippen molar-refractivity contribution in [1.82, 2.24) is 4.90 Å². The molecule has 0 saturated carbocycles. The number of aliphatic hydroxyl groups excluding tert-OH is 1. The van der Waals surface area contributed by atoms with E-state index in [4.69, 9.17) is 4.74 Å². The highest BCUT2D eigenvalue weighted by Gasteiger charge is 2.20. The number of β-amino-alcohol motifs (C(OH)–C–C–N with tert-alkyl or cyclic N) is 1. The molecule has 0 unspecified atom stereocenters.